The fraction of sp³-hybridized carbons (Fsp3) is 0.211. The lowest BCUT2D eigenvalue weighted by Gasteiger charge is -2.26. The molecule has 0 saturated carbocycles. The molecule has 0 bridgehead atoms. The molecule has 2 aromatic heterocycles. The summed E-state index contributed by atoms with van der Waals surface area (Å²) in [5, 5.41) is 1.23. The Morgan fingerprint density at radius 2 is 2.08 bits per heavy atom. The van der Waals surface area contributed by atoms with Crippen LogP contribution < -0.4 is 0 Å². The number of hydrogen-bond acceptors (Lipinski definition) is 3. The molecule has 24 heavy (non-hydrogen) atoms. The van der Waals surface area contributed by atoms with E-state index in [1.54, 1.807) is 12.4 Å². The molecule has 0 atom stereocenters. The van der Waals surface area contributed by atoms with Gasteiger partial charge in [0.2, 0.25) is 0 Å². The van der Waals surface area contributed by atoms with Crippen LogP contribution >= 0.6 is 0 Å². The van der Waals surface area contributed by atoms with Crippen molar-refractivity contribution in [2.24, 2.45) is 0 Å². The normalized spacial score (nSPS) is 14.7. The van der Waals surface area contributed by atoms with Crippen molar-refractivity contribution in [1.82, 2.24) is 19.9 Å². The molecule has 0 fully saturated rings. The van der Waals surface area contributed by atoms with E-state index in [0.717, 1.165) is 17.6 Å². The van der Waals surface area contributed by atoms with Crippen molar-refractivity contribution in [1.29, 1.82) is 0 Å². The maximum atomic E-state index is 12.5. The van der Waals surface area contributed by atoms with Gasteiger partial charge in [-0.1, -0.05) is 24.3 Å². The van der Waals surface area contributed by atoms with Crippen molar-refractivity contribution in [3.63, 3.8) is 0 Å². The molecule has 3 heterocycles. The topological polar surface area (TPSA) is 61.9 Å². The highest BCUT2D eigenvalue weighted by Crippen LogP contribution is 2.29. The number of aromatic amines is 1. The third kappa shape index (κ3) is 2.58. The summed E-state index contributed by atoms with van der Waals surface area (Å²) in [6.45, 7) is 3.15. The smallest absolute Gasteiger partial charge is 0.274 e. The molecule has 1 aliphatic rings. The molecule has 5 nitrogen and oxygen atoms in total. The number of fused-ring (bicyclic) bond motifs is 1. The number of benzene rings is 1. The van der Waals surface area contributed by atoms with Crippen LogP contribution in [0.3, 0.4) is 0 Å². The second-order valence-corrected chi connectivity index (χ2v) is 6.02. The zero-order valence-corrected chi connectivity index (χ0v) is 13.5. The van der Waals surface area contributed by atoms with Gasteiger partial charge in [-0.3, -0.25) is 9.78 Å². The molecule has 1 N–H and O–H groups in total. The summed E-state index contributed by atoms with van der Waals surface area (Å²) in [6, 6.07) is 8.28. The van der Waals surface area contributed by atoms with Crippen LogP contribution in [0, 0.1) is 6.92 Å². The number of nitrogens with one attached hydrogen (secondary N) is 1. The van der Waals surface area contributed by atoms with Gasteiger partial charge in [0.05, 0.1) is 11.9 Å². The predicted molar refractivity (Wildman–Crippen MR) is 93.6 cm³/mol. The summed E-state index contributed by atoms with van der Waals surface area (Å²) in [5.41, 5.74) is 4.87. The summed E-state index contributed by atoms with van der Waals surface area (Å²) in [4.78, 5) is 26.0. The number of aromatic nitrogens is 3. The Morgan fingerprint density at radius 3 is 2.83 bits per heavy atom. The molecule has 0 aliphatic carbocycles. The first-order valence-electron chi connectivity index (χ1n) is 8.06. The number of rotatable bonds is 2. The quantitative estimate of drug-likeness (QED) is 0.789. The number of H-pyrrole nitrogens is 1. The van der Waals surface area contributed by atoms with E-state index in [9.17, 15) is 4.79 Å². The average molecular weight is 318 g/mol. The van der Waals surface area contributed by atoms with Crippen molar-refractivity contribution < 1.29 is 4.79 Å². The summed E-state index contributed by atoms with van der Waals surface area (Å²) >= 11 is 0. The van der Waals surface area contributed by atoms with Gasteiger partial charge in [-0.05, 0) is 25.0 Å². The van der Waals surface area contributed by atoms with E-state index >= 15 is 0 Å². The number of carbonyl (C=O) groups is 1. The highest BCUT2D eigenvalue weighted by atomic mass is 16.2. The maximum Gasteiger partial charge on any atom is 0.274 e. The number of hydrogen-bond donors (Lipinski definition) is 1. The lowest BCUT2D eigenvalue weighted by atomic mass is 9.99. The molecular formula is C19H18N4O. The molecule has 1 amide bonds. The second-order valence-electron chi connectivity index (χ2n) is 6.02. The van der Waals surface area contributed by atoms with Gasteiger partial charge in [-0.25, -0.2) is 4.98 Å². The molecule has 0 spiro atoms. The standard InChI is InChI=1S/C19H18N4O/c1-13-10-21-18(12-20-13)19(24)23-8-6-14(7-9-23)16-11-22-17-5-3-2-4-15(16)17/h2-6,10-12,22H,7-9H2,1H3. The summed E-state index contributed by atoms with van der Waals surface area (Å²) in [6.07, 6.45) is 8.21. The molecule has 1 aliphatic heterocycles. The van der Waals surface area contributed by atoms with Gasteiger partial charge in [0.15, 0.2) is 0 Å². The van der Waals surface area contributed by atoms with E-state index in [4.69, 9.17) is 0 Å². The van der Waals surface area contributed by atoms with Gasteiger partial charge in [0.1, 0.15) is 5.69 Å². The van der Waals surface area contributed by atoms with Gasteiger partial charge >= 0.3 is 0 Å². The fourth-order valence-corrected chi connectivity index (χ4v) is 3.10. The molecule has 4 rings (SSSR count). The Labute approximate surface area is 140 Å². The van der Waals surface area contributed by atoms with E-state index in [1.165, 1.54) is 16.5 Å². The Bertz CT molecular complexity index is 924. The van der Waals surface area contributed by atoms with E-state index in [2.05, 4.69) is 45.4 Å². The lowest BCUT2D eigenvalue weighted by molar-refractivity contribution is 0.0766. The van der Waals surface area contributed by atoms with Crippen molar-refractivity contribution >= 4 is 22.4 Å². The monoisotopic (exact) mass is 318 g/mol. The highest BCUT2D eigenvalue weighted by molar-refractivity contribution is 5.95. The average Bonchev–Trinajstić information content (AvgIpc) is 3.06. The van der Waals surface area contributed by atoms with Gasteiger partial charge in [0, 0.05) is 41.9 Å². The van der Waals surface area contributed by atoms with Crippen LogP contribution in [-0.2, 0) is 0 Å². The fourth-order valence-electron chi connectivity index (χ4n) is 3.10. The minimum absolute atomic E-state index is 0.0586. The summed E-state index contributed by atoms with van der Waals surface area (Å²) in [7, 11) is 0. The van der Waals surface area contributed by atoms with E-state index in [-0.39, 0.29) is 5.91 Å². The first kappa shape index (κ1) is 14.6. The lowest BCUT2D eigenvalue weighted by Crippen LogP contribution is -2.35. The highest BCUT2D eigenvalue weighted by Gasteiger charge is 2.21. The van der Waals surface area contributed by atoms with Crippen LogP contribution in [-0.4, -0.2) is 38.8 Å². The first-order chi connectivity index (χ1) is 11.7. The van der Waals surface area contributed by atoms with Crippen molar-refractivity contribution in [3.05, 3.63) is 65.9 Å². The van der Waals surface area contributed by atoms with Crippen molar-refractivity contribution in [3.8, 4) is 0 Å². The van der Waals surface area contributed by atoms with Crippen molar-refractivity contribution in [2.75, 3.05) is 13.1 Å². The third-order valence-electron chi connectivity index (χ3n) is 4.43. The predicted octanol–water partition coefficient (Wildman–Crippen LogP) is 3.20. The van der Waals surface area contributed by atoms with E-state index in [0.29, 0.717) is 18.8 Å². The van der Waals surface area contributed by atoms with E-state index in [1.807, 2.05) is 17.9 Å². The van der Waals surface area contributed by atoms with Gasteiger partial charge in [-0.2, -0.15) is 0 Å². The minimum Gasteiger partial charge on any atom is -0.361 e. The summed E-state index contributed by atoms with van der Waals surface area (Å²) in [5.74, 6) is -0.0586. The number of nitrogens with zero attached hydrogens (tertiary/aromatic N) is 3. The Kier molecular flexibility index (Phi) is 3.61. The SMILES string of the molecule is Cc1cnc(C(=O)N2CC=C(c3c[nH]c4ccccc34)CC2)cn1. The van der Waals surface area contributed by atoms with E-state index < -0.39 is 0 Å². The zero-order chi connectivity index (χ0) is 16.5. The Morgan fingerprint density at radius 1 is 1.21 bits per heavy atom. The van der Waals surface area contributed by atoms with Crippen LogP contribution in [0.2, 0.25) is 0 Å². The van der Waals surface area contributed by atoms with Crippen LogP contribution in [0.25, 0.3) is 16.5 Å². The molecule has 120 valence electrons. The molecule has 0 saturated heterocycles. The molecule has 0 radical (unpaired) electrons. The van der Waals surface area contributed by atoms with Gasteiger partial charge in [-0.15, -0.1) is 0 Å². The van der Waals surface area contributed by atoms with Gasteiger partial charge < -0.3 is 9.88 Å². The number of aryl methyl sites for hydroxylation is 1. The Hall–Kier alpha value is -2.95. The largest absolute Gasteiger partial charge is 0.361 e. The zero-order valence-electron chi connectivity index (χ0n) is 13.5. The molecule has 5 heteroatoms. The van der Waals surface area contributed by atoms with Crippen LogP contribution in [0.15, 0.2) is 48.9 Å². The molecule has 1 aromatic carbocycles. The number of carbonyl (C=O) groups excluding carboxylic acids is 1. The van der Waals surface area contributed by atoms with Gasteiger partial charge in [0.25, 0.3) is 5.91 Å². The number of amides is 1. The molecule has 0 unspecified atom stereocenters. The van der Waals surface area contributed by atoms with Crippen LogP contribution in [0.1, 0.15) is 28.2 Å². The maximum absolute atomic E-state index is 12.5. The van der Waals surface area contributed by atoms with Crippen LogP contribution in [0.4, 0.5) is 0 Å². The first-order valence-corrected chi connectivity index (χ1v) is 8.06. The molecule has 3 aromatic rings. The summed E-state index contributed by atoms with van der Waals surface area (Å²) < 4.78 is 0. The van der Waals surface area contributed by atoms with Crippen LogP contribution in [0.5, 0.6) is 0 Å². The third-order valence-corrected chi connectivity index (χ3v) is 4.43. The molecular weight excluding hydrogens is 300 g/mol. The number of para-hydroxylation sites is 1. The minimum atomic E-state index is -0.0586. The second kappa shape index (κ2) is 5.92. The Balaban J connectivity index is 1.55. The van der Waals surface area contributed by atoms with Crippen molar-refractivity contribution in [2.45, 2.75) is 13.3 Å².